The van der Waals surface area contributed by atoms with Crippen LogP contribution in [0.4, 0.5) is 0 Å². The minimum absolute atomic E-state index is 0.0816. The molecule has 0 aromatic heterocycles. The predicted octanol–water partition coefficient (Wildman–Crippen LogP) is 3.71. The Labute approximate surface area is 215 Å². The van der Waals surface area contributed by atoms with E-state index in [-0.39, 0.29) is 18.4 Å². The summed E-state index contributed by atoms with van der Waals surface area (Å²) in [5.74, 6) is -0.515. The van der Waals surface area contributed by atoms with E-state index in [0.29, 0.717) is 28.0 Å². The van der Waals surface area contributed by atoms with Gasteiger partial charge in [-0.3, -0.25) is 9.69 Å². The summed E-state index contributed by atoms with van der Waals surface area (Å²) in [6.07, 6.45) is -0.109. The van der Waals surface area contributed by atoms with Gasteiger partial charge in [-0.25, -0.2) is 9.79 Å². The van der Waals surface area contributed by atoms with Crippen LogP contribution in [0.15, 0.2) is 51.6 Å². The van der Waals surface area contributed by atoms with E-state index in [9.17, 15) is 9.59 Å². The Bertz CT molecular complexity index is 1070. The molecule has 1 aromatic carbocycles. The first-order valence-corrected chi connectivity index (χ1v) is 13.1. The Hall–Kier alpha value is -2.33. The van der Waals surface area contributed by atoms with Gasteiger partial charge in [0, 0.05) is 36.9 Å². The van der Waals surface area contributed by atoms with Crippen molar-refractivity contribution in [1.82, 2.24) is 15.1 Å². The third-order valence-corrected chi connectivity index (χ3v) is 7.19. The highest BCUT2D eigenvalue weighted by Crippen LogP contribution is 2.46. The maximum atomic E-state index is 13.2. The summed E-state index contributed by atoms with van der Waals surface area (Å²) in [6.45, 7) is 10.0. The number of morpholine rings is 1. The van der Waals surface area contributed by atoms with Crippen LogP contribution in [0.3, 0.4) is 0 Å². The normalized spacial score (nSPS) is 20.5. The molecule has 0 aliphatic carbocycles. The third kappa shape index (κ3) is 6.09. The zero-order chi connectivity index (χ0) is 24.9. The van der Waals surface area contributed by atoms with Crippen LogP contribution < -0.4 is 5.32 Å². The second-order valence-electron chi connectivity index (χ2n) is 8.85. The summed E-state index contributed by atoms with van der Waals surface area (Å²) in [7, 11) is 0. The highest BCUT2D eigenvalue weighted by atomic mass is 35.5. The Balaban J connectivity index is 1.54. The van der Waals surface area contributed by atoms with Crippen LogP contribution in [0.25, 0.3) is 0 Å². The van der Waals surface area contributed by atoms with Gasteiger partial charge in [0.15, 0.2) is 5.17 Å². The van der Waals surface area contributed by atoms with Crippen LogP contribution in [0.2, 0.25) is 5.02 Å². The molecular formula is C25H31ClN4O4S. The van der Waals surface area contributed by atoms with Gasteiger partial charge < -0.3 is 19.7 Å². The summed E-state index contributed by atoms with van der Waals surface area (Å²) >= 11 is 8.05. The Morgan fingerprint density at radius 2 is 2.03 bits per heavy atom. The molecule has 3 heterocycles. The fraction of sp³-hybridized carbons (Fsp3) is 0.480. The van der Waals surface area contributed by atoms with E-state index in [1.807, 2.05) is 49.3 Å². The number of allylic oxidation sites excluding steroid dienone is 1. The van der Waals surface area contributed by atoms with Gasteiger partial charge in [0.05, 0.1) is 43.1 Å². The molecule has 4 rings (SSSR count). The fourth-order valence-electron chi connectivity index (χ4n) is 4.30. The lowest BCUT2D eigenvalue weighted by molar-refractivity contribution is -0.143. The quantitative estimate of drug-likeness (QED) is 0.525. The summed E-state index contributed by atoms with van der Waals surface area (Å²) in [5.41, 5.74) is 2.54. The summed E-state index contributed by atoms with van der Waals surface area (Å²) in [4.78, 5) is 34.9. The lowest BCUT2D eigenvalue weighted by Crippen LogP contribution is -2.42. The third-order valence-electron chi connectivity index (χ3n) is 5.96. The molecule has 1 N–H and O–H groups in total. The number of thioether (sulfide) groups is 1. The number of carbonyl (C=O) groups excluding carboxylic acids is 2. The molecular weight excluding hydrogens is 488 g/mol. The lowest BCUT2D eigenvalue weighted by Gasteiger charge is -2.36. The topological polar surface area (TPSA) is 83.5 Å². The van der Waals surface area contributed by atoms with E-state index < -0.39 is 12.0 Å². The molecule has 0 unspecified atom stereocenters. The molecule has 1 aromatic rings. The van der Waals surface area contributed by atoms with Crippen molar-refractivity contribution >= 4 is 40.4 Å². The van der Waals surface area contributed by atoms with E-state index in [0.717, 1.165) is 44.1 Å². The first kappa shape index (κ1) is 25.8. The van der Waals surface area contributed by atoms with Crippen molar-refractivity contribution in [3.8, 4) is 0 Å². The van der Waals surface area contributed by atoms with Crippen LogP contribution >= 0.6 is 23.4 Å². The molecule has 3 aliphatic rings. The zero-order valence-corrected chi connectivity index (χ0v) is 21.8. The maximum absolute atomic E-state index is 13.2. The van der Waals surface area contributed by atoms with E-state index in [2.05, 4.69) is 15.2 Å². The highest BCUT2D eigenvalue weighted by molar-refractivity contribution is 8.16. The largest absolute Gasteiger partial charge is 0.459 e. The number of ether oxygens (including phenoxy) is 2. The van der Waals surface area contributed by atoms with E-state index in [1.54, 1.807) is 6.07 Å². The molecule has 0 radical (unpaired) electrons. The van der Waals surface area contributed by atoms with Crippen molar-refractivity contribution in [3.05, 3.63) is 57.2 Å². The smallest absolute Gasteiger partial charge is 0.338 e. The maximum Gasteiger partial charge on any atom is 0.338 e. The highest BCUT2D eigenvalue weighted by Gasteiger charge is 2.42. The number of amidine groups is 1. The molecule has 1 amide bonds. The van der Waals surface area contributed by atoms with Crippen LogP contribution in [0.5, 0.6) is 0 Å². The zero-order valence-electron chi connectivity index (χ0n) is 20.3. The van der Waals surface area contributed by atoms with Gasteiger partial charge in [-0.15, -0.1) is 0 Å². The van der Waals surface area contributed by atoms with Gasteiger partial charge in [0.1, 0.15) is 0 Å². The Morgan fingerprint density at radius 3 is 2.74 bits per heavy atom. The summed E-state index contributed by atoms with van der Waals surface area (Å²) in [5, 5.41) is 6.19. The molecule has 1 fully saturated rings. The lowest BCUT2D eigenvalue weighted by atomic mass is 9.93. The van der Waals surface area contributed by atoms with Crippen molar-refractivity contribution < 1.29 is 19.1 Å². The monoisotopic (exact) mass is 518 g/mol. The molecule has 10 heteroatoms. The number of nitrogens with one attached hydrogen (secondary N) is 1. The van der Waals surface area contributed by atoms with E-state index >= 15 is 0 Å². The Kier molecular flexibility index (Phi) is 8.54. The van der Waals surface area contributed by atoms with E-state index in [4.69, 9.17) is 21.1 Å². The Morgan fingerprint density at radius 1 is 1.29 bits per heavy atom. The predicted molar refractivity (Wildman–Crippen MR) is 138 cm³/mol. The molecule has 1 atom stereocenters. The van der Waals surface area contributed by atoms with E-state index in [1.165, 1.54) is 11.8 Å². The molecule has 188 valence electrons. The average Bonchev–Trinajstić information content (AvgIpc) is 3.20. The van der Waals surface area contributed by atoms with Crippen LogP contribution in [0, 0.1) is 0 Å². The molecule has 0 bridgehead atoms. The van der Waals surface area contributed by atoms with Gasteiger partial charge in [0.2, 0.25) is 5.91 Å². The first-order valence-electron chi connectivity index (χ1n) is 11.8. The minimum Gasteiger partial charge on any atom is -0.459 e. The second kappa shape index (κ2) is 11.6. The number of amides is 1. The second-order valence-corrected chi connectivity index (χ2v) is 10.1. The van der Waals surface area contributed by atoms with Gasteiger partial charge >= 0.3 is 5.97 Å². The number of rotatable bonds is 8. The van der Waals surface area contributed by atoms with Crippen LogP contribution in [0.1, 0.15) is 38.8 Å². The SMILES string of the molecule is CC1=C(C(=O)OC(C)C)[C@H](c2ccccc2Cl)N2C(CC(=O)NCCN3CCOCC3)=CSC2=N1. The number of benzene rings is 1. The number of fused-ring (bicyclic) bond motifs is 1. The first-order chi connectivity index (χ1) is 16.8. The van der Waals surface area contributed by atoms with Crippen LogP contribution in [-0.4, -0.2) is 72.3 Å². The molecule has 8 nitrogen and oxygen atoms in total. The number of halogens is 1. The number of aliphatic imine (C=N–C) groups is 1. The molecule has 0 spiro atoms. The molecule has 1 saturated heterocycles. The van der Waals surface area contributed by atoms with Crippen molar-refractivity contribution in [3.63, 3.8) is 0 Å². The summed E-state index contributed by atoms with van der Waals surface area (Å²) < 4.78 is 10.9. The van der Waals surface area contributed by atoms with Crippen molar-refractivity contribution in [2.45, 2.75) is 39.3 Å². The average molecular weight is 519 g/mol. The standard InChI is InChI=1S/C25H31ClN4O4S/c1-16(2)34-24(32)22-17(3)28-25-30(23(22)19-6-4-5-7-20(19)26)18(15-35-25)14-21(31)27-8-9-29-10-12-33-13-11-29/h4-7,15-16,23H,8-14H2,1-3H3,(H,27,31)/t23-/m0/s1. The number of esters is 1. The van der Waals surface area contributed by atoms with Crippen molar-refractivity contribution in [1.29, 1.82) is 0 Å². The summed E-state index contributed by atoms with van der Waals surface area (Å²) in [6, 6.07) is 6.90. The van der Waals surface area contributed by atoms with Gasteiger partial charge in [-0.1, -0.05) is 41.6 Å². The van der Waals surface area contributed by atoms with Crippen LogP contribution in [-0.2, 0) is 19.1 Å². The van der Waals surface area contributed by atoms with Crippen molar-refractivity contribution in [2.24, 2.45) is 4.99 Å². The number of hydrogen-bond donors (Lipinski definition) is 1. The van der Waals surface area contributed by atoms with Gasteiger partial charge in [-0.2, -0.15) is 0 Å². The molecule has 35 heavy (non-hydrogen) atoms. The number of carbonyl (C=O) groups is 2. The minimum atomic E-state index is -0.537. The fourth-order valence-corrected chi connectivity index (χ4v) is 5.51. The number of hydrogen-bond acceptors (Lipinski definition) is 8. The van der Waals surface area contributed by atoms with Gasteiger partial charge in [0.25, 0.3) is 0 Å². The molecule has 3 aliphatic heterocycles. The molecule has 0 saturated carbocycles. The number of nitrogens with zero attached hydrogens (tertiary/aromatic N) is 3. The van der Waals surface area contributed by atoms with Gasteiger partial charge in [-0.05, 0) is 37.8 Å². The van der Waals surface area contributed by atoms with Crippen molar-refractivity contribution in [2.75, 3.05) is 39.4 Å².